The average Bonchev–Trinajstić information content (AvgIpc) is 2.37. The molecule has 1 aliphatic heterocycles. The Morgan fingerprint density at radius 2 is 1.85 bits per heavy atom. The monoisotopic (exact) mass is 305 g/mol. The molecule has 1 aliphatic rings. The van der Waals surface area contributed by atoms with Crippen molar-refractivity contribution in [3.8, 4) is 0 Å². The van der Waals surface area contributed by atoms with E-state index >= 15 is 0 Å². The number of rotatable bonds is 6. The lowest BCUT2D eigenvalue weighted by molar-refractivity contribution is -0.135. The van der Waals surface area contributed by atoms with Crippen molar-refractivity contribution in [2.45, 2.75) is 45.6 Å². The Kier molecular flexibility index (Phi) is 9.43. The van der Waals surface area contributed by atoms with Crippen LogP contribution in [-0.2, 0) is 4.79 Å². The summed E-state index contributed by atoms with van der Waals surface area (Å²) in [5.74, 6) is 1.16. The average molecular weight is 306 g/mol. The molecule has 1 saturated heterocycles. The van der Waals surface area contributed by atoms with Crippen LogP contribution in [0.25, 0.3) is 0 Å². The Morgan fingerprint density at radius 3 is 2.30 bits per heavy atom. The summed E-state index contributed by atoms with van der Waals surface area (Å²) in [5.41, 5.74) is 5.94. The van der Waals surface area contributed by atoms with Crippen molar-refractivity contribution in [1.82, 2.24) is 9.80 Å². The Labute approximate surface area is 130 Å². The summed E-state index contributed by atoms with van der Waals surface area (Å²) in [7, 11) is 4.24. The summed E-state index contributed by atoms with van der Waals surface area (Å²) in [4.78, 5) is 16.3. The second-order valence-corrected chi connectivity index (χ2v) is 6.48. The zero-order chi connectivity index (χ0) is 14.4. The van der Waals surface area contributed by atoms with Crippen molar-refractivity contribution in [2.24, 2.45) is 17.6 Å². The van der Waals surface area contributed by atoms with Crippen molar-refractivity contribution in [2.75, 3.05) is 33.7 Å². The molecule has 0 bridgehead atoms. The third-order valence-electron chi connectivity index (χ3n) is 4.15. The molecular formula is C15H32ClN3O. The number of amides is 1. The molecule has 0 aliphatic carbocycles. The molecule has 0 aromatic carbocycles. The van der Waals surface area contributed by atoms with Gasteiger partial charge in [0, 0.05) is 13.1 Å². The van der Waals surface area contributed by atoms with Gasteiger partial charge in [0.25, 0.3) is 0 Å². The lowest BCUT2D eigenvalue weighted by Crippen LogP contribution is -2.49. The zero-order valence-electron chi connectivity index (χ0n) is 13.5. The van der Waals surface area contributed by atoms with Gasteiger partial charge in [-0.15, -0.1) is 12.4 Å². The summed E-state index contributed by atoms with van der Waals surface area (Å²) >= 11 is 0. The molecule has 0 spiro atoms. The van der Waals surface area contributed by atoms with Gasteiger partial charge in [0.05, 0.1) is 6.04 Å². The molecule has 20 heavy (non-hydrogen) atoms. The van der Waals surface area contributed by atoms with Crippen LogP contribution in [-0.4, -0.2) is 55.5 Å². The fourth-order valence-electron chi connectivity index (χ4n) is 2.63. The summed E-state index contributed by atoms with van der Waals surface area (Å²) in [6.07, 6.45) is 4.83. The molecule has 120 valence electrons. The van der Waals surface area contributed by atoms with Crippen LogP contribution >= 0.6 is 12.4 Å². The highest BCUT2D eigenvalue weighted by Crippen LogP contribution is 2.22. The summed E-state index contributed by atoms with van der Waals surface area (Å²) in [6.45, 7) is 6.97. The molecule has 2 N–H and O–H groups in total. The normalized spacial score (nSPS) is 18.2. The van der Waals surface area contributed by atoms with E-state index in [0.717, 1.165) is 38.4 Å². The molecule has 0 saturated carbocycles. The molecular weight excluding hydrogens is 274 g/mol. The first-order chi connectivity index (χ1) is 8.91. The van der Waals surface area contributed by atoms with Crippen molar-refractivity contribution in [1.29, 1.82) is 0 Å². The van der Waals surface area contributed by atoms with Crippen LogP contribution in [0.5, 0.6) is 0 Å². The van der Waals surface area contributed by atoms with E-state index in [4.69, 9.17) is 5.73 Å². The van der Waals surface area contributed by atoms with Crippen LogP contribution in [0.4, 0.5) is 0 Å². The first kappa shape index (κ1) is 19.7. The molecule has 1 fully saturated rings. The maximum Gasteiger partial charge on any atom is 0.239 e. The van der Waals surface area contributed by atoms with E-state index in [1.807, 2.05) is 18.7 Å². The number of hydrogen-bond donors (Lipinski definition) is 1. The van der Waals surface area contributed by atoms with Gasteiger partial charge in [-0.3, -0.25) is 4.79 Å². The lowest BCUT2D eigenvalue weighted by Gasteiger charge is -2.34. The Balaban J connectivity index is 0.00000361. The highest BCUT2D eigenvalue weighted by molar-refractivity contribution is 5.85. The number of piperidine rings is 1. The maximum atomic E-state index is 12.1. The van der Waals surface area contributed by atoms with Crippen LogP contribution in [0.2, 0.25) is 0 Å². The van der Waals surface area contributed by atoms with Crippen LogP contribution < -0.4 is 5.73 Å². The Morgan fingerprint density at radius 1 is 1.30 bits per heavy atom. The number of halogens is 1. The van der Waals surface area contributed by atoms with Gasteiger partial charge in [-0.2, -0.15) is 0 Å². The Bertz CT molecular complexity index is 276. The molecule has 0 aromatic heterocycles. The van der Waals surface area contributed by atoms with Crippen molar-refractivity contribution in [3.63, 3.8) is 0 Å². The smallest absolute Gasteiger partial charge is 0.239 e. The van der Waals surface area contributed by atoms with E-state index in [0.29, 0.717) is 0 Å². The maximum absolute atomic E-state index is 12.1. The Hall–Kier alpha value is -0.320. The summed E-state index contributed by atoms with van der Waals surface area (Å²) in [5, 5.41) is 0. The fraction of sp³-hybridized carbons (Fsp3) is 0.933. The number of carbonyl (C=O) groups excluding carboxylic acids is 1. The second kappa shape index (κ2) is 9.59. The van der Waals surface area contributed by atoms with Crippen LogP contribution in [0.15, 0.2) is 0 Å². The molecule has 1 atom stereocenters. The predicted octanol–water partition coefficient (Wildman–Crippen LogP) is 1.97. The van der Waals surface area contributed by atoms with Gasteiger partial charge in [0.1, 0.15) is 0 Å². The highest BCUT2D eigenvalue weighted by atomic mass is 35.5. The van der Waals surface area contributed by atoms with Crippen LogP contribution in [0.3, 0.4) is 0 Å². The summed E-state index contributed by atoms with van der Waals surface area (Å²) < 4.78 is 0. The van der Waals surface area contributed by atoms with Gasteiger partial charge in [-0.25, -0.2) is 0 Å². The van der Waals surface area contributed by atoms with Crippen molar-refractivity contribution in [3.05, 3.63) is 0 Å². The largest absolute Gasteiger partial charge is 0.341 e. The first-order valence-electron chi connectivity index (χ1n) is 7.61. The van der Waals surface area contributed by atoms with E-state index in [9.17, 15) is 4.79 Å². The quantitative estimate of drug-likeness (QED) is 0.816. The van der Waals surface area contributed by atoms with Gasteiger partial charge in [-0.05, 0) is 58.2 Å². The minimum atomic E-state index is -0.328. The van der Waals surface area contributed by atoms with Gasteiger partial charge in [-0.1, -0.05) is 13.8 Å². The van der Waals surface area contributed by atoms with Gasteiger partial charge >= 0.3 is 0 Å². The van der Waals surface area contributed by atoms with Crippen LogP contribution in [0.1, 0.15) is 39.5 Å². The number of nitrogens with zero attached hydrogens (tertiary/aromatic N) is 2. The molecule has 1 heterocycles. The molecule has 1 amide bonds. The first-order valence-corrected chi connectivity index (χ1v) is 7.61. The van der Waals surface area contributed by atoms with Gasteiger partial charge in [0.15, 0.2) is 0 Å². The standard InChI is InChI=1S/C15H31N3O.ClH/c1-12(2)14(16)15(19)18-10-7-13(8-11-18)6-5-9-17(3)4;/h12-14H,5-11,16H2,1-4H3;1H/t14-;/m0./s1. The van der Waals surface area contributed by atoms with Crippen molar-refractivity contribution < 1.29 is 4.79 Å². The van der Waals surface area contributed by atoms with E-state index in [-0.39, 0.29) is 30.3 Å². The van der Waals surface area contributed by atoms with Crippen molar-refractivity contribution >= 4 is 18.3 Å². The molecule has 5 heteroatoms. The molecule has 0 aromatic rings. The molecule has 4 nitrogen and oxygen atoms in total. The van der Waals surface area contributed by atoms with E-state index in [2.05, 4.69) is 19.0 Å². The fourth-order valence-corrected chi connectivity index (χ4v) is 2.63. The van der Waals surface area contributed by atoms with E-state index in [1.54, 1.807) is 0 Å². The molecule has 0 radical (unpaired) electrons. The topological polar surface area (TPSA) is 49.6 Å². The number of hydrogen-bond acceptors (Lipinski definition) is 3. The third-order valence-corrected chi connectivity index (χ3v) is 4.15. The van der Waals surface area contributed by atoms with E-state index < -0.39 is 0 Å². The minimum Gasteiger partial charge on any atom is -0.341 e. The minimum absolute atomic E-state index is 0. The van der Waals surface area contributed by atoms with Gasteiger partial charge in [0.2, 0.25) is 5.91 Å². The number of likely N-dealkylation sites (tertiary alicyclic amines) is 1. The highest BCUT2D eigenvalue weighted by Gasteiger charge is 2.27. The van der Waals surface area contributed by atoms with Crippen LogP contribution in [0, 0.1) is 11.8 Å². The number of nitrogens with two attached hydrogens (primary N) is 1. The predicted molar refractivity (Wildman–Crippen MR) is 87.2 cm³/mol. The zero-order valence-corrected chi connectivity index (χ0v) is 14.3. The SMILES string of the molecule is CC(C)[C@H](N)C(=O)N1CCC(CCCN(C)C)CC1.Cl. The van der Waals surface area contributed by atoms with Gasteiger partial charge < -0.3 is 15.5 Å². The molecule has 1 rings (SSSR count). The van der Waals surface area contributed by atoms with E-state index in [1.165, 1.54) is 12.8 Å². The molecule has 0 unspecified atom stereocenters. The summed E-state index contributed by atoms with van der Waals surface area (Å²) in [6, 6.07) is -0.328. The third kappa shape index (κ3) is 6.42. The number of carbonyl (C=O) groups is 1. The second-order valence-electron chi connectivity index (χ2n) is 6.48. The lowest BCUT2D eigenvalue weighted by atomic mass is 9.91.